The van der Waals surface area contributed by atoms with Crippen molar-refractivity contribution < 1.29 is 9.47 Å². The first-order valence-electron chi connectivity index (χ1n) is 6.96. The fourth-order valence-electron chi connectivity index (χ4n) is 1.59. The zero-order valence-electron chi connectivity index (χ0n) is 13.4. The fraction of sp³-hybridized carbons (Fsp3) is 0.688. The SMILES string of the molecule is CC(C)(C)OCCOc1cc(CCl)cc(C(C)(C)C)n1. The van der Waals surface area contributed by atoms with Crippen LogP contribution in [0.1, 0.15) is 52.8 Å². The molecule has 114 valence electrons. The van der Waals surface area contributed by atoms with Crippen LogP contribution in [0.4, 0.5) is 0 Å². The van der Waals surface area contributed by atoms with Crippen LogP contribution >= 0.6 is 11.6 Å². The van der Waals surface area contributed by atoms with Gasteiger partial charge >= 0.3 is 0 Å². The predicted octanol–water partition coefficient (Wildman–Crippen LogP) is 4.31. The van der Waals surface area contributed by atoms with Gasteiger partial charge in [-0.1, -0.05) is 20.8 Å². The van der Waals surface area contributed by atoms with Crippen molar-refractivity contribution in [2.45, 2.75) is 58.4 Å². The molecule has 20 heavy (non-hydrogen) atoms. The van der Waals surface area contributed by atoms with E-state index >= 15 is 0 Å². The molecule has 1 aromatic rings. The molecule has 0 aliphatic heterocycles. The average Bonchev–Trinajstić information content (AvgIpc) is 2.32. The summed E-state index contributed by atoms with van der Waals surface area (Å²) in [4.78, 5) is 4.55. The van der Waals surface area contributed by atoms with E-state index in [2.05, 4.69) is 25.8 Å². The molecular weight excluding hydrogens is 274 g/mol. The maximum atomic E-state index is 5.93. The van der Waals surface area contributed by atoms with Gasteiger partial charge in [-0.2, -0.15) is 0 Å². The van der Waals surface area contributed by atoms with Crippen LogP contribution in [0.15, 0.2) is 12.1 Å². The molecule has 0 atom stereocenters. The number of rotatable bonds is 5. The van der Waals surface area contributed by atoms with Gasteiger partial charge in [0.2, 0.25) is 5.88 Å². The number of pyridine rings is 1. The Morgan fingerprint density at radius 1 is 1.05 bits per heavy atom. The van der Waals surface area contributed by atoms with Gasteiger partial charge in [0, 0.05) is 17.4 Å². The van der Waals surface area contributed by atoms with E-state index in [1.807, 2.05) is 32.9 Å². The highest BCUT2D eigenvalue weighted by Crippen LogP contribution is 2.25. The Bertz CT molecular complexity index is 433. The fourth-order valence-corrected chi connectivity index (χ4v) is 1.74. The summed E-state index contributed by atoms with van der Waals surface area (Å²) in [6.07, 6.45) is 0. The number of alkyl halides is 1. The van der Waals surface area contributed by atoms with E-state index in [1.54, 1.807) is 0 Å². The van der Waals surface area contributed by atoms with Crippen LogP contribution in [0.3, 0.4) is 0 Å². The Kier molecular flexibility index (Phi) is 5.84. The quantitative estimate of drug-likeness (QED) is 0.599. The van der Waals surface area contributed by atoms with E-state index in [0.29, 0.717) is 25.0 Å². The van der Waals surface area contributed by atoms with Crippen LogP contribution in [0, 0.1) is 0 Å². The van der Waals surface area contributed by atoms with Gasteiger partial charge in [-0.05, 0) is 32.4 Å². The molecule has 0 aromatic carbocycles. The van der Waals surface area contributed by atoms with Crippen LogP contribution in [-0.4, -0.2) is 23.8 Å². The smallest absolute Gasteiger partial charge is 0.213 e. The van der Waals surface area contributed by atoms with Crippen LogP contribution in [-0.2, 0) is 16.0 Å². The summed E-state index contributed by atoms with van der Waals surface area (Å²) in [5.74, 6) is 1.08. The van der Waals surface area contributed by atoms with Crippen molar-refractivity contribution in [1.82, 2.24) is 4.98 Å². The topological polar surface area (TPSA) is 31.4 Å². The lowest BCUT2D eigenvalue weighted by molar-refractivity contribution is -0.0168. The average molecular weight is 300 g/mol. The zero-order chi connectivity index (χ0) is 15.4. The first kappa shape index (κ1) is 17.3. The van der Waals surface area contributed by atoms with Gasteiger partial charge in [0.15, 0.2) is 0 Å². The van der Waals surface area contributed by atoms with Crippen molar-refractivity contribution >= 4 is 11.6 Å². The molecule has 0 radical (unpaired) electrons. The molecule has 0 amide bonds. The molecule has 1 aromatic heterocycles. The molecular formula is C16H26ClNO2. The summed E-state index contributed by atoms with van der Waals surface area (Å²) in [7, 11) is 0. The molecule has 1 heterocycles. The summed E-state index contributed by atoms with van der Waals surface area (Å²) in [6.45, 7) is 13.5. The van der Waals surface area contributed by atoms with Gasteiger partial charge in [0.1, 0.15) is 6.61 Å². The van der Waals surface area contributed by atoms with Gasteiger partial charge in [0.25, 0.3) is 0 Å². The third-order valence-electron chi connectivity index (χ3n) is 2.65. The first-order valence-corrected chi connectivity index (χ1v) is 7.49. The van der Waals surface area contributed by atoms with Crippen LogP contribution in [0.25, 0.3) is 0 Å². The molecule has 0 N–H and O–H groups in total. The Hall–Kier alpha value is -0.800. The molecule has 0 saturated carbocycles. The summed E-state index contributed by atoms with van der Waals surface area (Å²) in [5, 5.41) is 0. The summed E-state index contributed by atoms with van der Waals surface area (Å²) < 4.78 is 11.3. The number of halogens is 1. The van der Waals surface area contributed by atoms with Gasteiger partial charge in [-0.25, -0.2) is 4.98 Å². The molecule has 3 nitrogen and oxygen atoms in total. The number of hydrogen-bond acceptors (Lipinski definition) is 3. The van der Waals surface area contributed by atoms with E-state index < -0.39 is 0 Å². The third kappa shape index (κ3) is 6.10. The van der Waals surface area contributed by atoms with E-state index in [-0.39, 0.29) is 11.0 Å². The maximum Gasteiger partial charge on any atom is 0.213 e. The minimum Gasteiger partial charge on any atom is -0.475 e. The molecule has 0 saturated heterocycles. The minimum atomic E-state index is -0.147. The lowest BCUT2D eigenvalue weighted by Gasteiger charge is -2.21. The molecule has 0 spiro atoms. The lowest BCUT2D eigenvalue weighted by Crippen LogP contribution is -2.23. The molecule has 0 aliphatic rings. The van der Waals surface area contributed by atoms with Crippen molar-refractivity contribution in [2.24, 2.45) is 0 Å². The Balaban J connectivity index is 2.70. The first-order chi connectivity index (χ1) is 9.12. The minimum absolute atomic E-state index is 0.0257. The number of aromatic nitrogens is 1. The highest BCUT2D eigenvalue weighted by molar-refractivity contribution is 6.17. The number of ether oxygens (including phenoxy) is 2. The van der Waals surface area contributed by atoms with Crippen molar-refractivity contribution in [3.63, 3.8) is 0 Å². The molecule has 0 fully saturated rings. The molecule has 0 bridgehead atoms. The van der Waals surface area contributed by atoms with Gasteiger partial charge < -0.3 is 9.47 Å². The molecule has 0 unspecified atom stereocenters. The van der Waals surface area contributed by atoms with Crippen LogP contribution in [0.5, 0.6) is 5.88 Å². The largest absolute Gasteiger partial charge is 0.475 e. The lowest BCUT2D eigenvalue weighted by atomic mass is 9.91. The second-order valence-corrected chi connectivity index (χ2v) is 7.16. The van der Waals surface area contributed by atoms with Crippen molar-refractivity contribution in [1.29, 1.82) is 0 Å². The molecule has 4 heteroatoms. The van der Waals surface area contributed by atoms with E-state index in [0.717, 1.165) is 11.3 Å². The summed E-state index contributed by atoms with van der Waals surface area (Å²) in [6, 6.07) is 3.92. The van der Waals surface area contributed by atoms with Crippen molar-refractivity contribution in [3.05, 3.63) is 23.4 Å². The van der Waals surface area contributed by atoms with Crippen molar-refractivity contribution in [3.8, 4) is 5.88 Å². The second kappa shape index (κ2) is 6.77. The Morgan fingerprint density at radius 2 is 1.70 bits per heavy atom. The molecule has 1 rings (SSSR count). The van der Waals surface area contributed by atoms with Crippen LogP contribution in [0.2, 0.25) is 0 Å². The van der Waals surface area contributed by atoms with E-state index in [9.17, 15) is 0 Å². The standard InChI is InChI=1S/C16H26ClNO2/c1-15(2,3)13-9-12(11-17)10-14(18-13)19-7-8-20-16(4,5)6/h9-10H,7-8,11H2,1-6H3. The van der Waals surface area contributed by atoms with Crippen LogP contribution < -0.4 is 4.74 Å². The number of nitrogens with zero attached hydrogens (tertiary/aromatic N) is 1. The Labute approximate surface area is 127 Å². The molecule has 0 aliphatic carbocycles. The van der Waals surface area contributed by atoms with Gasteiger partial charge in [-0.15, -0.1) is 11.6 Å². The van der Waals surface area contributed by atoms with E-state index in [4.69, 9.17) is 21.1 Å². The monoisotopic (exact) mass is 299 g/mol. The number of hydrogen-bond donors (Lipinski definition) is 0. The highest BCUT2D eigenvalue weighted by atomic mass is 35.5. The zero-order valence-corrected chi connectivity index (χ0v) is 14.2. The van der Waals surface area contributed by atoms with E-state index in [1.165, 1.54) is 0 Å². The highest BCUT2D eigenvalue weighted by Gasteiger charge is 2.17. The normalized spacial score (nSPS) is 12.6. The maximum absolute atomic E-state index is 5.93. The van der Waals surface area contributed by atoms with Gasteiger partial charge in [0.05, 0.1) is 17.9 Å². The summed E-state index contributed by atoms with van der Waals surface area (Å²) in [5.41, 5.74) is 1.84. The third-order valence-corrected chi connectivity index (χ3v) is 2.96. The summed E-state index contributed by atoms with van der Waals surface area (Å²) >= 11 is 5.93. The Morgan fingerprint density at radius 3 is 2.20 bits per heavy atom. The van der Waals surface area contributed by atoms with Crippen molar-refractivity contribution in [2.75, 3.05) is 13.2 Å². The van der Waals surface area contributed by atoms with Gasteiger partial charge in [-0.3, -0.25) is 0 Å². The predicted molar refractivity (Wildman–Crippen MR) is 83.7 cm³/mol. The second-order valence-electron chi connectivity index (χ2n) is 6.89.